The molecule has 1 N–H and O–H groups in total. The molecule has 0 unspecified atom stereocenters. The molecule has 0 fully saturated rings. The molecule has 0 radical (unpaired) electrons. The Bertz CT molecular complexity index is 816. The Morgan fingerprint density at radius 2 is 1.96 bits per heavy atom. The van der Waals surface area contributed by atoms with Gasteiger partial charge in [0.15, 0.2) is 0 Å². The van der Waals surface area contributed by atoms with Crippen molar-refractivity contribution in [1.29, 1.82) is 0 Å². The van der Waals surface area contributed by atoms with Crippen LogP contribution in [0.2, 0.25) is 0 Å². The Kier molecular flexibility index (Phi) is 4.46. The molecule has 5 heteroatoms. The SMILES string of the molecule is Cc1nc(NCCCn2ccnc2)cc(C2Cc3ccccc3C2)n1. The largest absolute Gasteiger partial charge is 0.370 e. The third-order valence-corrected chi connectivity index (χ3v) is 4.79. The quantitative estimate of drug-likeness (QED) is 0.703. The van der Waals surface area contributed by atoms with Gasteiger partial charge in [-0.05, 0) is 37.3 Å². The number of hydrogen-bond donors (Lipinski definition) is 1. The van der Waals surface area contributed by atoms with Gasteiger partial charge < -0.3 is 9.88 Å². The lowest BCUT2D eigenvalue weighted by molar-refractivity contribution is 0.659. The van der Waals surface area contributed by atoms with Crippen LogP contribution in [-0.2, 0) is 19.4 Å². The number of aryl methyl sites for hydroxylation is 2. The molecular formula is C20H23N5. The van der Waals surface area contributed by atoms with Crippen LogP contribution in [0.25, 0.3) is 0 Å². The van der Waals surface area contributed by atoms with Gasteiger partial charge in [0.1, 0.15) is 11.6 Å². The predicted octanol–water partition coefficient (Wildman–Crippen LogP) is 3.37. The number of aromatic nitrogens is 4. The third kappa shape index (κ3) is 3.71. The minimum atomic E-state index is 0.464. The number of imidazole rings is 1. The summed E-state index contributed by atoms with van der Waals surface area (Å²) in [6.45, 7) is 3.82. The van der Waals surface area contributed by atoms with Gasteiger partial charge in [-0.3, -0.25) is 0 Å². The molecule has 2 aromatic heterocycles. The van der Waals surface area contributed by atoms with Gasteiger partial charge in [-0.1, -0.05) is 24.3 Å². The van der Waals surface area contributed by atoms with Crippen molar-refractivity contribution in [2.24, 2.45) is 0 Å². The summed E-state index contributed by atoms with van der Waals surface area (Å²) in [5.74, 6) is 2.24. The summed E-state index contributed by atoms with van der Waals surface area (Å²) in [4.78, 5) is 13.3. The lowest BCUT2D eigenvalue weighted by Gasteiger charge is -2.12. The molecule has 1 aliphatic rings. The summed E-state index contributed by atoms with van der Waals surface area (Å²) in [6, 6.07) is 10.8. The van der Waals surface area contributed by atoms with Gasteiger partial charge in [0.2, 0.25) is 0 Å². The molecule has 0 aliphatic heterocycles. The second-order valence-electron chi connectivity index (χ2n) is 6.68. The van der Waals surface area contributed by atoms with Crippen molar-refractivity contribution in [1.82, 2.24) is 19.5 Å². The third-order valence-electron chi connectivity index (χ3n) is 4.79. The second kappa shape index (κ2) is 7.05. The zero-order valence-electron chi connectivity index (χ0n) is 14.5. The molecule has 5 nitrogen and oxygen atoms in total. The van der Waals surface area contributed by atoms with Gasteiger partial charge in [-0.2, -0.15) is 0 Å². The molecule has 3 aromatic rings. The fourth-order valence-corrected chi connectivity index (χ4v) is 3.56. The maximum Gasteiger partial charge on any atom is 0.129 e. The van der Waals surface area contributed by atoms with Gasteiger partial charge >= 0.3 is 0 Å². The molecule has 4 rings (SSSR count). The van der Waals surface area contributed by atoms with E-state index in [9.17, 15) is 0 Å². The van der Waals surface area contributed by atoms with E-state index in [-0.39, 0.29) is 0 Å². The predicted molar refractivity (Wildman–Crippen MR) is 98.7 cm³/mol. The standard InChI is InChI=1S/C20H23N5/c1-15-23-19(18-11-16-5-2-3-6-17(16)12-18)13-20(24-15)22-7-4-9-25-10-8-21-14-25/h2-3,5-6,8,10,13-14,18H,4,7,9,11-12H2,1H3,(H,22,23,24). The number of nitrogens with zero attached hydrogens (tertiary/aromatic N) is 4. The normalized spacial score (nSPS) is 13.8. The van der Waals surface area contributed by atoms with E-state index in [0.29, 0.717) is 5.92 Å². The van der Waals surface area contributed by atoms with Gasteiger partial charge in [-0.25, -0.2) is 15.0 Å². The van der Waals surface area contributed by atoms with E-state index in [1.807, 2.05) is 25.6 Å². The Morgan fingerprint density at radius 3 is 2.68 bits per heavy atom. The summed E-state index contributed by atoms with van der Waals surface area (Å²) < 4.78 is 2.09. The zero-order valence-corrected chi connectivity index (χ0v) is 14.5. The Morgan fingerprint density at radius 1 is 1.16 bits per heavy atom. The molecule has 1 aromatic carbocycles. The van der Waals surface area contributed by atoms with Crippen LogP contribution in [0, 0.1) is 6.92 Å². The van der Waals surface area contributed by atoms with Crippen LogP contribution in [-0.4, -0.2) is 26.1 Å². The van der Waals surface area contributed by atoms with E-state index in [4.69, 9.17) is 4.98 Å². The molecule has 25 heavy (non-hydrogen) atoms. The first-order valence-corrected chi connectivity index (χ1v) is 8.90. The monoisotopic (exact) mass is 333 g/mol. The van der Waals surface area contributed by atoms with E-state index >= 15 is 0 Å². The fourth-order valence-electron chi connectivity index (χ4n) is 3.56. The minimum Gasteiger partial charge on any atom is -0.370 e. The summed E-state index contributed by atoms with van der Waals surface area (Å²) in [5.41, 5.74) is 4.07. The molecule has 0 saturated carbocycles. The van der Waals surface area contributed by atoms with Crippen molar-refractivity contribution in [3.8, 4) is 0 Å². The van der Waals surface area contributed by atoms with Crippen molar-refractivity contribution in [3.05, 3.63) is 71.7 Å². The number of rotatable bonds is 6. The van der Waals surface area contributed by atoms with Gasteiger partial charge in [0.25, 0.3) is 0 Å². The van der Waals surface area contributed by atoms with Crippen LogP contribution < -0.4 is 5.32 Å². The molecule has 0 bridgehead atoms. The van der Waals surface area contributed by atoms with Crippen LogP contribution in [0.1, 0.15) is 35.0 Å². The number of hydrogen-bond acceptors (Lipinski definition) is 4. The summed E-state index contributed by atoms with van der Waals surface area (Å²) in [6.07, 6.45) is 8.84. The minimum absolute atomic E-state index is 0.464. The maximum atomic E-state index is 4.70. The summed E-state index contributed by atoms with van der Waals surface area (Å²) in [5, 5.41) is 3.45. The van der Waals surface area contributed by atoms with Crippen LogP contribution in [0.5, 0.6) is 0 Å². The molecule has 0 atom stereocenters. The summed E-state index contributed by atoms with van der Waals surface area (Å²) in [7, 11) is 0. The zero-order chi connectivity index (χ0) is 17.1. The highest BCUT2D eigenvalue weighted by atomic mass is 15.0. The van der Waals surface area contributed by atoms with E-state index < -0.39 is 0 Å². The maximum absolute atomic E-state index is 4.70. The molecule has 0 spiro atoms. The molecule has 128 valence electrons. The first kappa shape index (κ1) is 15.8. The van der Waals surface area contributed by atoms with Gasteiger partial charge in [-0.15, -0.1) is 0 Å². The van der Waals surface area contributed by atoms with E-state index in [0.717, 1.165) is 49.7 Å². The Balaban J connectivity index is 1.39. The lowest BCUT2D eigenvalue weighted by Crippen LogP contribution is -2.10. The molecule has 0 saturated heterocycles. The van der Waals surface area contributed by atoms with E-state index in [1.165, 1.54) is 11.1 Å². The second-order valence-corrected chi connectivity index (χ2v) is 6.68. The van der Waals surface area contributed by atoms with Crippen molar-refractivity contribution in [2.75, 3.05) is 11.9 Å². The molecule has 1 aliphatic carbocycles. The topological polar surface area (TPSA) is 55.6 Å². The summed E-state index contributed by atoms with van der Waals surface area (Å²) >= 11 is 0. The Hall–Kier alpha value is -2.69. The highest BCUT2D eigenvalue weighted by Crippen LogP contribution is 2.33. The van der Waals surface area contributed by atoms with Crippen LogP contribution >= 0.6 is 0 Å². The fraction of sp³-hybridized carbons (Fsp3) is 0.350. The average Bonchev–Trinajstić information content (AvgIpc) is 3.27. The van der Waals surface area contributed by atoms with E-state index in [1.54, 1.807) is 0 Å². The highest BCUT2D eigenvalue weighted by molar-refractivity contribution is 5.41. The number of anilines is 1. The number of benzene rings is 1. The first-order valence-electron chi connectivity index (χ1n) is 8.90. The molecule has 0 amide bonds. The van der Waals surface area contributed by atoms with Crippen LogP contribution in [0.4, 0.5) is 5.82 Å². The highest BCUT2D eigenvalue weighted by Gasteiger charge is 2.24. The van der Waals surface area contributed by atoms with Crippen LogP contribution in [0.15, 0.2) is 49.1 Å². The van der Waals surface area contributed by atoms with Gasteiger partial charge in [0.05, 0.1) is 6.33 Å². The van der Waals surface area contributed by atoms with Gasteiger partial charge in [0, 0.05) is 43.2 Å². The smallest absolute Gasteiger partial charge is 0.129 e. The van der Waals surface area contributed by atoms with Crippen molar-refractivity contribution in [2.45, 2.75) is 38.6 Å². The average molecular weight is 333 g/mol. The van der Waals surface area contributed by atoms with Crippen LogP contribution in [0.3, 0.4) is 0 Å². The van der Waals surface area contributed by atoms with E-state index in [2.05, 4.69) is 50.2 Å². The van der Waals surface area contributed by atoms with Crippen molar-refractivity contribution >= 4 is 5.82 Å². The number of fused-ring (bicyclic) bond motifs is 1. The molecule has 2 heterocycles. The first-order chi connectivity index (χ1) is 12.3. The Labute approximate surface area is 148 Å². The van der Waals surface area contributed by atoms with Crippen molar-refractivity contribution < 1.29 is 0 Å². The lowest BCUT2D eigenvalue weighted by atomic mass is 10.0. The molecular weight excluding hydrogens is 310 g/mol. The number of nitrogens with one attached hydrogen (secondary N) is 1. The van der Waals surface area contributed by atoms with Crippen molar-refractivity contribution in [3.63, 3.8) is 0 Å².